The van der Waals surface area contributed by atoms with Crippen LogP contribution in [-0.4, -0.2) is 145 Å². The SMILES string of the molecule is CC[C@H](C)[C@H](NC(=O)[C@H](CC(C)C)NC(=O)[C@H](Cc1c[nH]c2ccccc12)NC(=O)[C@H](CCCCN)NC(=O)[C@@H](N)CCCCN)C(=O)N[C@@H](CCC(N)=O)C(=O)N[C@@H](CC(C)C)C(=O)N[C@@H](CCCCN)C(=O)N[C@@H](CCCCN)C(N)=O. The van der Waals surface area contributed by atoms with E-state index in [4.69, 9.17) is 40.1 Å². The minimum Gasteiger partial charge on any atom is -0.370 e. The number of nitrogens with two attached hydrogens (primary N) is 7. The molecule has 1 heterocycles. The van der Waals surface area contributed by atoms with Crippen molar-refractivity contribution in [3.8, 4) is 0 Å². The van der Waals surface area contributed by atoms with Gasteiger partial charge in [0.25, 0.3) is 0 Å². The molecule has 0 aliphatic carbocycles. The smallest absolute Gasteiger partial charge is 0.243 e. The maximum Gasteiger partial charge on any atom is 0.243 e. The number of primary amides is 2. The van der Waals surface area contributed by atoms with Crippen LogP contribution in [0.5, 0.6) is 0 Å². The molecule has 0 radical (unpaired) electrons. The molecule has 2 rings (SSSR count). The number of nitrogens with one attached hydrogen (secondary N) is 9. The molecule has 0 unspecified atom stereocenters. The minimum atomic E-state index is -1.47. The first kappa shape index (κ1) is 73.4. The van der Waals surface area contributed by atoms with Crippen LogP contribution in [0.4, 0.5) is 0 Å². The highest BCUT2D eigenvalue weighted by Gasteiger charge is 2.37. The summed E-state index contributed by atoms with van der Waals surface area (Å²) in [5.41, 5.74) is 41.6. The highest BCUT2D eigenvalue weighted by atomic mass is 16.2. The first-order valence-corrected chi connectivity index (χ1v) is 30.0. The van der Waals surface area contributed by atoms with Crippen molar-refractivity contribution < 1.29 is 47.9 Å². The molecule has 84 heavy (non-hydrogen) atoms. The molecule has 0 bridgehead atoms. The van der Waals surface area contributed by atoms with Crippen molar-refractivity contribution in [1.29, 1.82) is 0 Å². The summed E-state index contributed by atoms with van der Waals surface area (Å²) < 4.78 is 0. The highest BCUT2D eigenvalue weighted by Crippen LogP contribution is 2.21. The van der Waals surface area contributed by atoms with E-state index >= 15 is 0 Å². The van der Waals surface area contributed by atoms with Gasteiger partial charge < -0.3 is 87.7 Å². The molecule has 1 aromatic heterocycles. The van der Waals surface area contributed by atoms with E-state index in [9.17, 15) is 47.9 Å². The lowest BCUT2D eigenvalue weighted by Gasteiger charge is -2.30. The fourth-order valence-electron chi connectivity index (χ4n) is 9.49. The number of hydrogen-bond donors (Lipinski definition) is 16. The predicted octanol–water partition coefficient (Wildman–Crippen LogP) is -0.679. The number of para-hydroxylation sites is 1. The number of unbranched alkanes of at least 4 members (excludes halogenated alkanes) is 4. The number of H-pyrrole nitrogens is 1. The number of benzene rings is 1. The topological polar surface area (TPSA) is 465 Å². The summed E-state index contributed by atoms with van der Waals surface area (Å²) in [5.74, 6) is -8.27. The number of carbonyl (C=O) groups is 10. The standard InChI is InChI=1S/C58H102N16O10/c1-7-36(6)49(58(84)70-44(24-25-48(64)75)54(80)71-45(30-34(2)3)55(81)69-43(23-13-17-29-62)52(78)67-41(50(65)76)21-11-15-27-60)74-57(83)46(31-35(4)5)72-56(82)47(32-37-33-66-40-20-9-8-18-38(37)40)73-53(79)42(22-12-16-28-61)68-51(77)39(63)19-10-14-26-59/h8-9,18,20,33-36,39,41-47,49,66H,7,10-17,19,21-32,59-63H2,1-6H3,(H2,64,75)(H2,65,76)(H,67,78)(H,68,77)(H,69,81)(H,70,84)(H,71,80)(H,72,82)(H,73,79)(H,74,83)/t36-,39-,41-,42-,43-,44-,45-,46-,47-,49-/m0/s1. The van der Waals surface area contributed by atoms with Gasteiger partial charge >= 0.3 is 0 Å². The third kappa shape index (κ3) is 26.9. The second-order valence-electron chi connectivity index (χ2n) is 22.8. The molecule has 26 heteroatoms. The lowest BCUT2D eigenvalue weighted by atomic mass is 9.95. The molecular formula is C58H102N16O10. The van der Waals surface area contributed by atoms with Gasteiger partial charge in [0.2, 0.25) is 59.1 Å². The van der Waals surface area contributed by atoms with Crippen molar-refractivity contribution in [2.24, 2.45) is 57.9 Å². The van der Waals surface area contributed by atoms with Crippen molar-refractivity contribution in [1.82, 2.24) is 47.5 Å². The Morgan fingerprint density at radius 1 is 0.464 bits per heavy atom. The third-order valence-electron chi connectivity index (χ3n) is 14.6. The van der Waals surface area contributed by atoms with Crippen LogP contribution < -0.4 is 82.7 Å². The van der Waals surface area contributed by atoms with Crippen LogP contribution in [0.2, 0.25) is 0 Å². The van der Waals surface area contributed by atoms with Gasteiger partial charge in [0.15, 0.2) is 0 Å². The molecule has 474 valence electrons. The van der Waals surface area contributed by atoms with Gasteiger partial charge in [-0.05, 0) is 145 Å². The van der Waals surface area contributed by atoms with Crippen molar-refractivity contribution >= 4 is 70.0 Å². The minimum absolute atomic E-state index is 0.0376. The molecule has 26 nitrogen and oxygen atoms in total. The number of hydrogen-bond acceptors (Lipinski definition) is 15. The summed E-state index contributed by atoms with van der Waals surface area (Å²) in [6.45, 7) is 12.3. The van der Waals surface area contributed by atoms with Gasteiger partial charge in [-0.2, -0.15) is 0 Å². The summed E-state index contributed by atoms with van der Waals surface area (Å²) in [6, 6.07) is -3.42. The van der Waals surface area contributed by atoms with Gasteiger partial charge in [-0.15, -0.1) is 0 Å². The predicted molar refractivity (Wildman–Crippen MR) is 323 cm³/mol. The number of amides is 10. The average Bonchev–Trinajstić information content (AvgIpc) is 3.97. The number of rotatable bonds is 44. The van der Waals surface area contributed by atoms with Crippen LogP contribution in [0, 0.1) is 17.8 Å². The molecule has 10 amide bonds. The number of aromatic nitrogens is 1. The van der Waals surface area contributed by atoms with E-state index in [1.54, 1.807) is 20.0 Å². The Bertz CT molecular complexity index is 2400. The van der Waals surface area contributed by atoms with Crippen LogP contribution >= 0.6 is 0 Å². The number of aromatic amines is 1. The van der Waals surface area contributed by atoms with Crippen LogP contribution in [-0.2, 0) is 54.4 Å². The van der Waals surface area contributed by atoms with E-state index in [1.807, 2.05) is 52.0 Å². The molecule has 0 saturated heterocycles. The monoisotopic (exact) mass is 1180 g/mol. The van der Waals surface area contributed by atoms with Gasteiger partial charge in [-0.3, -0.25) is 47.9 Å². The number of carbonyl (C=O) groups excluding carboxylic acids is 10. The fourth-order valence-corrected chi connectivity index (χ4v) is 9.49. The fraction of sp³-hybridized carbons (Fsp3) is 0.690. The zero-order chi connectivity index (χ0) is 62.9. The first-order chi connectivity index (χ1) is 39.9. The lowest BCUT2D eigenvalue weighted by molar-refractivity contribution is -0.137. The Kier molecular flexibility index (Phi) is 34.7. The lowest BCUT2D eigenvalue weighted by Crippen LogP contribution is -2.61. The van der Waals surface area contributed by atoms with Gasteiger partial charge in [-0.1, -0.05) is 72.6 Å². The molecule has 10 atom stereocenters. The Morgan fingerprint density at radius 2 is 0.857 bits per heavy atom. The maximum absolute atomic E-state index is 14.7. The van der Waals surface area contributed by atoms with Crippen LogP contribution in [0.3, 0.4) is 0 Å². The molecule has 1 aromatic carbocycles. The van der Waals surface area contributed by atoms with Crippen molar-refractivity contribution in [3.05, 3.63) is 36.0 Å². The summed E-state index contributed by atoms with van der Waals surface area (Å²) in [6.07, 6.45) is 6.78. The normalized spacial score (nSPS) is 15.0. The quantitative estimate of drug-likeness (QED) is 0.0366. The van der Waals surface area contributed by atoms with Crippen LogP contribution in [0.25, 0.3) is 10.9 Å². The Balaban J connectivity index is 2.52. The Morgan fingerprint density at radius 3 is 1.33 bits per heavy atom. The average molecular weight is 1180 g/mol. The van der Waals surface area contributed by atoms with Gasteiger partial charge in [0.1, 0.15) is 48.3 Å². The Labute approximate surface area is 495 Å². The molecule has 0 saturated carbocycles. The maximum atomic E-state index is 14.7. The van der Waals surface area contributed by atoms with Gasteiger partial charge in [-0.25, -0.2) is 0 Å². The highest BCUT2D eigenvalue weighted by molar-refractivity contribution is 5.99. The second-order valence-corrected chi connectivity index (χ2v) is 22.8. The van der Waals surface area contributed by atoms with E-state index < -0.39 is 119 Å². The zero-order valence-corrected chi connectivity index (χ0v) is 50.5. The van der Waals surface area contributed by atoms with Gasteiger partial charge in [0, 0.05) is 29.9 Å². The summed E-state index contributed by atoms with van der Waals surface area (Å²) in [7, 11) is 0. The molecule has 2 aromatic rings. The zero-order valence-electron chi connectivity index (χ0n) is 50.5. The molecule has 0 aliphatic rings. The van der Waals surface area contributed by atoms with E-state index in [2.05, 4.69) is 47.5 Å². The summed E-state index contributed by atoms with van der Waals surface area (Å²) >= 11 is 0. The van der Waals surface area contributed by atoms with E-state index in [0.717, 1.165) is 10.9 Å². The van der Waals surface area contributed by atoms with Crippen molar-refractivity contribution in [2.75, 3.05) is 26.2 Å². The summed E-state index contributed by atoms with van der Waals surface area (Å²) in [5, 5.41) is 22.8. The summed E-state index contributed by atoms with van der Waals surface area (Å²) in [4.78, 5) is 141. The molecule has 0 spiro atoms. The van der Waals surface area contributed by atoms with Crippen molar-refractivity contribution in [3.63, 3.8) is 0 Å². The molecular weight excluding hydrogens is 1080 g/mol. The molecule has 0 aliphatic heterocycles. The Hall–Kier alpha value is -6.74. The van der Waals surface area contributed by atoms with E-state index in [0.29, 0.717) is 96.0 Å². The third-order valence-corrected chi connectivity index (χ3v) is 14.6. The molecule has 0 fully saturated rings. The number of fused-ring (bicyclic) bond motifs is 1. The van der Waals surface area contributed by atoms with Crippen LogP contribution in [0.1, 0.15) is 156 Å². The largest absolute Gasteiger partial charge is 0.370 e. The van der Waals surface area contributed by atoms with E-state index in [1.165, 1.54) is 0 Å². The van der Waals surface area contributed by atoms with E-state index in [-0.39, 0.29) is 63.2 Å². The molecule has 23 N–H and O–H groups in total. The van der Waals surface area contributed by atoms with Crippen LogP contribution in [0.15, 0.2) is 30.5 Å². The first-order valence-electron chi connectivity index (χ1n) is 30.0. The second kappa shape index (κ2) is 39.7. The van der Waals surface area contributed by atoms with Gasteiger partial charge in [0.05, 0.1) is 6.04 Å². The van der Waals surface area contributed by atoms with Crippen molar-refractivity contribution in [2.45, 2.75) is 211 Å².